The van der Waals surface area contributed by atoms with Crippen LogP contribution in [0.1, 0.15) is 31.9 Å². The van der Waals surface area contributed by atoms with E-state index in [9.17, 15) is 4.79 Å². The first-order chi connectivity index (χ1) is 13.0. The van der Waals surface area contributed by atoms with Gasteiger partial charge in [-0.05, 0) is 31.5 Å². The molecule has 2 heterocycles. The standard InChI is InChI=1S/C18H21BrN4O3S/c1-5-8-27-18-21-17-20-10(2)14(16(24)26-4)15(23(17)22-18)12-9-11(19)6-7-13(12)25-3/h6-7,9,15H,5,8H2,1-4H3,(H,20,21,22). The average Bonchev–Trinajstić information content (AvgIpc) is 3.06. The van der Waals surface area contributed by atoms with Crippen molar-refractivity contribution in [3.63, 3.8) is 0 Å². The average molecular weight is 453 g/mol. The first-order valence-electron chi connectivity index (χ1n) is 8.49. The molecule has 0 radical (unpaired) electrons. The topological polar surface area (TPSA) is 78.3 Å². The van der Waals surface area contributed by atoms with Gasteiger partial charge in [-0.2, -0.15) is 4.98 Å². The van der Waals surface area contributed by atoms with Crippen LogP contribution in [-0.2, 0) is 9.53 Å². The molecule has 0 spiro atoms. The number of ether oxygens (including phenoxy) is 2. The number of benzene rings is 1. The summed E-state index contributed by atoms with van der Waals surface area (Å²) in [6.07, 6.45) is 1.02. The van der Waals surface area contributed by atoms with Crippen LogP contribution in [0.2, 0.25) is 0 Å². The lowest BCUT2D eigenvalue weighted by molar-refractivity contribution is -0.136. The maximum Gasteiger partial charge on any atom is 0.338 e. The Bertz CT molecular complexity index is 897. The summed E-state index contributed by atoms with van der Waals surface area (Å²) in [5, 5.41) is 8.49. The fourth-order valence-corrected chi connectivity index (χ4v) is 4.03. The van der Waals surface area contributed by atoms with Crippen molar-refractivity contribution < 1.29 is 14.3 Å². The van der Waals surface area contributed by atoms with Crippen LogP contribution in [0.5, 0.6) is 5.75 Å². The molecule has 1 aromatic heterocycles. The Kier molecular flexibility index (Phi) is 6.11. The molecule has 0 saturated carbocycles. The maximum absolute atomic E-state index is 12.6. The summed E-state index contributed by atoms with van der Waals surface area (Å²) in [5.41, 5.74) is 1.95. The number of hydrogen-bond acceptors (Lipinski definition) is 7. The van der Waals surface area contributed by atoms with Crippen LogP contribution in [0.4, 0.5) is 5.95 Å². The Morgan fingerprint density at radius 3 is 2.85 bits per heavy atom. The van der Waals surface area contributed by atoms with E-state index in [1.165, 1.54) is 7.11 Å². The smallest absolute Gasteiger partial charge is 0.338 e. The van der Waals surface area contributed by atoms with Crippen LogP contribution >= 0.6 is 27.7 Å². The first-order valence-corrected chi connectivity index (χ1v) is 10.3. The van der Waals surface area contributed by atoms with E-state index in [0.717, 1.165) is 22.2 Å². The van der Waals surface area contributed by atoms with Crippen LogP contribution in [0, 0.1) is 0 Å². The number of carbonyl (C=O) groups is 1. The van der Waals surface area contributed by atoms with E-state index in [1.54, 1.807) is 23.6 Å². The summed E-state index contributed by atoms with van der Waals surface area (Å²) < 4.78 is 13.2. The van der Waals surface area contributed by atoms with Gasteiger partial charge in [-0.25, -0.2) is 9.48 Å². The second kappa shape index (κ2) is 8.35. The molecule has 0 amide bonds. The quantitative estimate of drug-likeness (QED) is 0.523. The van der Waals surface area contributed by atoms with E-state index in [1.807, 2.05) is 25.1 Å². The van der Waals surface area contributed by atoms with Crippen molar-refractivity contribution in [2.75, 3.05) is 25.3 Å². The number of thioether (sulfide) groups is 1. The predicted molar refractivity (Wildman–Crippen MR) is 108 cm³/mol. The number of rotatable bonds is 6. The number of nitrogens with one attached hydrogen (secondary N) is 1. The van der Waals surface area contributed by atoms with Gasteiger partial charge in [0.1, 0.15) is 11.8 Å². The van der Waals surface area contributed by atoms with Crippen LogP contribution in [0.25, 0.3) is 0 Å². The molecule has 1 atom stereocenters. The van der Waals surface area contributed by atoms with Crippen molar-refractivity contribution in [2.45, 2.75) is 31.5 Å². The molecule has 144 valence electrons. The van der Waals surface area contributed by atoms with Crippen LogP contribution in [0.15, 0.2) is 39.1 Å². The minimum atomic E-state index is -0.510. The molecular weight excluding hydrogens is 432 g/mol. The number of esters is 1. The largest absolute Gasteiger partial charge is 0.496 e. The molecule has 0 saturated heterocycles. The zero-order valence-corrected chi connectivity index (χ0v) is 18.0. The van der Waals surface area contributed by atoms with Gasteiger partial charge in [0.05, 0.1) is 19.8 Å². The van der Waals surface area contributed by atoms with E-state index in [0.29, 0.717) is 28.1 Å². The Balaban J connectivity index is 2.19. The SMILES string of the molecule is CCCSc1nc2n(n1)C(c1cc(Br)ccc1OC)C(C(=O)OC)=C(C)N2. The molecule has 0 bridgehead atoms. The van der Waals surface area contributed by atoms with E-state index >= 15 is 0 Å². The molecule has 1 aliphatic heterocycles. The summed E-state index contributed by atoms with van der Waals surface area (Å²) in [6, 6.07) is 5.16. The zero-order chi connectivity index (χ0) is 19.6. The highest BCUT2D eigenvalue weighted by atomic mass is 79.9. The zero-order valence-electron chi connectivity index (χ0n) is 15.6. The van der Waals surface area contributed by atoms with E-state index < -0.39 is 12.0 Å². The lowest BCUT2D eigenvalue weighted by Gasteiger charge is -2.28. The van der Waals surface area contributed by atoms with Gasteiger partial charge in [0.25, 0.3) is 0 Å². The number of allylic oxidation sites excluding steroid dienone is 1. The number of anilines is 1. The minimum absolute atomic E-state index is 0.420. The molecule has 1 aliphatic rings. The van der Waals surface area contributed by atoms with Gasteiger partial charge in [-0.15, -0.1) is 5.10 Å². The highest BCUT2D eigenvalue weighted by Gasteiger charge is 2.36. The van der Waals surface area contributed by atoms with Gasteiger partial charge >= 0.3 is 5.97 Å². The summed E-state index contributed by atoms with van der Waals surface area (Å²) in [6.45, 7) is 3.94. The Morgan fingerprint density at radius 1 is 1.41 bits per heavy atom. The Morgan fingerprint density at radius 2 is 2.19 bits per heavy atom. The van der Waals surface area contributed by atoms with Crippen LogP contribution < -0.4 is 10.1 Å². The van der Waals surface area contributed by atoms with E-state index in [-0.39, 0.29) is 0 Å². The predicted octanol–water partition coefficient (Wildman–Crippen LogP) is 4.01. The van der Waals surface area contributed by atoms with Gasteiger partial charge in [-0.1, -0.05) is 34.6 Å². The fraction of sp³-hybridized carbons (Fsp3) is 0.389. The molecule has 0 fully saturated rings. The van der Waals surface area contributed by atoms with Crippen molar-refractivity contribution in [2.24, 2.45) is 0 Å². The second-order valence-electron chi connectivity index (χ2n) is 5.96. The van der Waals surface area contributed by atoms with Gasteiger partial charge < -0.3 is 14.8 Å². The van der Waals surface area contributed by atoms with Crippen molar-refractivity contribution in [1.29, 1.82) is 0 Å². The minimum Gasteiger partial charge on any atom is -0.496 e. The normalized spacial score (nSPS) is 16.0. The summed E-state index contributed by atoms with van der Waals surface area (Å²) in [4.78, 5) is 17.2. The number of nitrogens with zero attached hydrogens (tertiary/aromatic N) is 3. The molecule has 27 heavy (non-hydrogen) atoms. The van der Waals surface area contributed by atoms with Crippen molar-refractivity contribution in [3.8, 4) is 5.75 Å². The first kappa shape index (κ1) is 19.8. The highest BCUT2D eigenvalue weighted by molar-refractivity contribution is 9.10. The highest BCUT2D eigenvalue weighted by Crippen LogP contribution is 2.41. The van der Waals surface area contributed by atoms with Crippen molar-refractivity contribution in [3.05, 3.63) is 39.5 Å². The number of carbonyl (C=O) groups excluding carboxylic acids is 1. The second-order valence-corrected chi connectivity index (χ2v) is 7.93. The molecule has 2 aromatic rings. The van der Waals surface area contributed by atoms with Gasteiger partial charge in [0, 0.05) is 21.5 Å². The van der Waals surface area contributed by atoms with E-state index in [4.69, 9.17) is 9.47 Å². The van der Waals surface area contributed by atoms with Gasteiger partial charge in [-0.3, -0.25) is 0 Å². The number of halogens is 1. The summed E-state index contributed by atoms with van der Waals surface area (Å²) in [7, 11) is 2.98. The maximum atomic E-state index is 12.6. The number of fused-ring (bicyclic) bond motifs is 1. The molecular formula is C18H21BrN4O3S. The van der Waals surface area contributed by atoms with Gasteiger partial charge in [0.15, 0.2) is 0 Å². The monoisotopic (exact) mass is 452 g/mol. The molecule has 9 heteroatoms. The fourth-order valence-electron chi connectivity index (χ4n) is 2.97. The molecule has 7 nitrogen and oxygen atoms in total. The molecule has 1 N–H and O–H groups in total. The Labute approximate surface area is 170 Å². The van der Waals surface area contributed by atoms with Crippen LogP contribution in [0.3, 0.4) is 0 Å². The number of hydrogen-bond donors (Lipinski definition) is 1. The van der Waals surface area contributed by atoms with Crippen LogP contribution in [-0.4, -0.2) is 40.7 Å². The third-order valence-electron chi connectivity index (χ3n) is 4.16. The molecule has 3 rings (SSSR count). The summed E-state index contributed by atoms with van der Waals surface area (Å²) >= 11 is 5.09. The Hall–Kier alpha value is -2.00. The summed E-state index contributed by atoms with van der Waals surface area (Å²) in [5.74, 6) is 1.75. The third kappa shape index (κ3) is 3.84. The van der Waals surface area contributed by atoms with Gasteiger partial charge in [0.2, 0.25) is 11.1 Å². The van der Waals surface area contributed by atoms with Crippen molar-refractivity contribution in [1.82, 2.24) is 14.8 Å². The number of methoxy groups -OCH3 is 2. The molecule has 1 aromatic carbocycles. The van der Waals surface area contributed by atoms with E-state index in [2.05, 4.69) is 38.3 Å². The molecule has 0 aliphatic carbocycles. The third-order valence-corrected chi connectivity index (χ3v) is 5.70. The van der Waals surface area contributed by atoms with Crippen molar-refractivity contribution >= 4 is 39.6 Å². The lowest BCUT2D eigenvalue weighted by Crippen LogP contribution is -2.29. The number of aromatic nitrogens is 3. The lowest BCUT2D eigenvalue weighted by atomic mass is 9.95. The molecule has 1 unspecified atom stereocenters.